The van der Waals surface area contributed by atoms with Crippen LogP contribution in [0.2, 0.25) is 0 Å². The molecule has 0 atom stereocenters. The Bertz CT molecular complexity index is 761. The zero-order valence-corrected chi connectivity index (χ0v) is 30.7. The van der Waals surface area contributed by atoms with E-state index in [-0.39, 0.29) is 0 Å². The number of benzene rings is 1. The monoisotopic (exact) mass is 1040 g/mol. The van der Waals surface area contributed by atoms with Gasteiger partial charge in [-0.25, -0.2) is 0 Å². The van der Waals surface area contributed by atoms with Crippen LogP contribution >= 0.6 is 0 Å². The summed E-state index contributed by atoms with van der Waals surface area (Å²) >= 11 is -9.64. The van der Waals surface area contributed by atoms with Crippen LogP contribution in [0.3, 0.4) is 0 Å². The van der Waals surface area contributed by atoms with Gasteiger partial charge in [0.25, 0.3) is 0 Å². The van der Waals surface area contributed by atoms with E-state index >= 15 is 0 Å². The molecule has 1 rings (SSSR count). The molecule has 0 radical (unpaired) electrons. The summed E-state index contributed by atoms with van der Waals surface area (Å²) in [5.41, 5.74) is 0. The second-order valence-corrected chi connectivity index (χ2v) is 23.5. The Morgan fingerprint density at radius 1 is 0.424 bits per heavy atom. The first kappa shape index (κ1) is 30.1. The summed E-state index contributed by atoms with van der Waals surface area (Å²) in [7, 11) is 0. The molecular formula is C24H33Bi3O6. The predicted molar refractivity (Wildman–Crippen MR) is 138 cm³/mol. The van der Waals surface area contributed by atoms with Gasteiger partial charge in [-0.1, -0.05) is 0 Å². The van der Waals surface area contributed by atoms with Crippen molar-refractivity contribution in [2.75, 3.05) is 0 Å². The topological polar surface area (TPSA) is 55.4 Å². The molecule has 0 N–H and O–H groups in total. The van der Waals surface area contributed by atoms with Crippen LogP contribution in [0.25, 0.3) is 0 Å². The number of allylic oxidation sites excluding steroid dienone is 6. The summed E-state index contributed by atoms with van der Waals surface area (Å²) in [5.74, 6) is 3.54. The van der Waals surface area contributed by atoms with Gasteiger partial charge in [-0.2, -0.15) is 0 Å². The Hall–Kier alpha value is -0.891. The molecule has 0 aliphatic carbocycles. The standard InChI is InChI=1S/C6H3.6C3H6O.3Bi/c1-2-4-6-5-3-1;6*1-3(2)4;;;/h1,4-5H;6*4H,1H2,2H3;;;/q;;;;;;;3*+2/p-6. The number of hydrogen-bond donors (Lipinski definition) is 0. The van der Waals surface area contributed by atoms with E-state index < -0.39 is 67.9 Å². The zero-order valence-electron chi connectivity index (χ0n) is 20.3. The second-order valence-electron chi connectivity index (χ2n) is 7.24. The van der Waals surface area contributed by atoms with Gasteiger partial charge in [-0.05, 0) is 0 Å². The van der Waals surface area contributed by atoms with Gasteiger partial charge >= 0.3 is 228 Å². The van der Waals surface area contributed by atoms with E-state index in [1.54, 1.807) is 41.5 Å². The van der Waals surface area contributed by atoms with Gasteiger partial charge in [0.05, 0.1) is 0 Å². The van der Waals surface area contributed by atoms with Crippen LogP contribution in [0.1, 0.15) is 41.5 Å². The Kier molecular flexibility index (Phi) is 13.2. The van der Waals surface area contributed by atoms with Gasteiger partial charge in [0, 0.05) is 0 Å². The van der Waals surface area contributed by atoms with Crippen molar-refractivity contribution in [3.8, 4) is 0 Å². The summed E-state index contributed by atoms with van der Waals surface area (Å²) < 4.78 is 39.3. The molecule has 6 nitrogen and oxygen atoms in total. The molecule has 0 aliphatic rings. The third-order valence-corrected chi connectivity index (χ3v) is 22.0. The van der Waals surface area contributed by atoms with Gasteiger partial charge in [0.2, 0.25) is 0 Å². The maximum atomic E-state index is 6.08. The Labute approximate surface area is 226 Å². The average Bonchev–Trinajstić information content (AvgIpc) is 2.64. The molecule has 9 heteroatoms. The van der Waals surface area contributed by atoms with Crippen molar-refractivity contribution < 1.29 is 16.9 Å². The van der Waals surface area contributed by atoms with Crippen molar-refractivity contribution in [1.82, 2.24) is 0 Å². The van der Waals surface area contributed by atoms with Crippen molar-refractivity contribution in [2.24, 2.45) is 0 Å². The van der Waals surface area contributed by atoms with Gasteiger partial charge in [0.1, 0.15) is 0 Å². The molecule has 0 saturated carbocycles. The minimum absolute atomic E-state index is 0.591. The molecular weight excluding hydrogens is 1010 g/mol. The normalized spacial score (nSPS) is 10.5. The van der Waals surface area contributed by atoms with E-state index in [1.807, 2.05) is 18.2 Å². The fourth-order valence-electron chi connectivity index (χ4n) is 2.12. The van der Waals surface area contributed by atoms with Crippen LogP contribution in [0, 0.1) is 0 Å². The maximum absolute atomic E-state index is 6.08. The Morgan fingerprint density at radius 3 is 0.697 bits per heavy atom. The van der Waals surface area contributed by atoms with E-state index in [4.69, 9.17) is 16.9 Å². The molecule has 0 aromatic heterocycles. The zero-order chi connectivity index (χ0) is 25.3. The first-order chi connectivity index (χ1) is 15.3. The minimum atomic E-state index is -3.21. The third-order valence-electron chi connectivity index (χ3n) is 2.95. The summed E-state index contributed by atoms with van der Waals surface area (Å²) in [6.07, 6.45) is 0. The van der Waals surface area contributed by atoms with Crippen LogP contribution < -0.4 is 9.81 Å². The first-order valence-electron chi connectivity index (χ1n) is 9.84. The molecule has 1 aromatic rings. The second kappa shape index (κ2) is 14.5. The fraction of sp³-hybridized carbons (Fsp3) is 0.250. The molecule has 0 saturated heterocycles. The summed E-state index contributed by atoms with van der Waals surface area (Å²) in [6.45, 7) is 34.2. The molecule has 0 fully saturated rings. The van der Waals surface area contributed by atoms with Crippen molar-refractivity contribution in [2.45, 2.75) is 41.5 Å². The van der Waals surface area contributed by atoms with Crippen LogP contribution in [0.15, 0.2) is 92.2 Å². The van der Waals surface area contributed by atoms with Crippen molar-refractivity contribution >= 4 is 77.7 Å². The fourth-order valence-corrected chi connectivity index (χ4v) is 22.4. The Morgan fingerprint density at radius 2 is 0.576 bits per heavy atom. The van der Waals surface area contributed by atoms with E-state index in [9.17, 15) is 0 Å². The number of rotatable bonds is 15. The Balaban J connectivity index is 3.73. The molecule has 0 unspecified atom stereocenters. The van der Waals surface area contributed by atoms with E-state index in [0.29, 0.717) is 34.6 Å². The van der Waals surface area contributed by atoms with Gasteiger partial charge < -0.3 is 0 Å². The van der Waals surface area contributed by atoms with Gasteiger partial charge in [-0.3, -0.25) is 0 Å². The third kappa shape index (κ3) is 11.9. The molecule has 0 heterocycles. The van der Waals surface area contributed by atoms with Crippen molar-refractivity contribution in [3.63, 3.8) is 0 Å². The molecule has 0 amide bonds. The molecule has 0 aliphatic heterocycles. The van der Waals surface area contributed by atoms with Gasteiger partial charge in [0.15, 0.2) is 0 Å². The van der Waals surface area contributed by atoms with Crippen LogP contribution in [-0.2, 0) is 16.9 Å². The van der Waals surface area contributed by atoms with E-state index in [1.165, 1.54) is 0 Å². The molecule has 33 heavy (non-hydrogen) atoms. The van der Waals surface area contributed by atoms with E-state index in [2.05, 4.69) is 39.5 Å². The average molecular weight is 1040 g/mol. The van der Waals surface area contributed by atoms with Crippen LogP contribution in [0.5, 0.6) is 0 Å². The molecule has 180 valence electrons. The summed E-state index contributed by atoms with van der Waals surface area (Å²) in [6, 6.07) is 6.13. The summed E-state index contributed by atoms with van der Waals surface area (Å²) in [4.78, 5) is 0. The van der Waals surface area contributed by atoms with Crippen LogP contribution in [-0.4, -0.2) is 67.9 Å². The molecule has 1 aromatic carbocycles. The van der Waals surface area contributed by atoms with Crippen molar-refractivity contribution in [1.29, 1.82) is 0 Å². The SMILES string of the molecule is C=C(C)[O][Bi]([O]C(=C)C)[c]1c[c]([Bi]([O]C(=C)C)[O]C(=C)C)c[c]([Bi]([O]C(=C)C)[O]C(=C)C)c1. The van der Waals surface area contributed by atoms with E-state index in [0.717, 1.165) is 9.81 Å². The molecule has 0 spiro atoms. The number of hydrogen-bond acceptors (Lipinski definition) is 6. The quantitative estimate of drug-likeness (QED) is 0.196. The molecule has 0 bridgehead atoms. The van der Waals surface area contributed by atoms with Gasteiger partial charge in [-0.15, -0.1) is 0 Å². The van der Waals surface area contributed by atoms with Crippen molar-refractivity contribution in [3.05, 3.63) is 92.2 Å². The van der Waals surface area contributed by atoms with Crippen LogP contribution in [0.4, 0.5) is 0 Å². The predicted octanol–water partition coefficient (Wildman–Crippen LogP) is 4.07. The summed E-state index contributed by atoms with van der Waals surface area (Å²) in [5, 5.41) is 0. The first-order valence-corrected chi connectivity index (χ1v) is 23.6.